The first-order valence-corrected chi connectivity index (χ1v) is 6.26. The minimum absolute atomic E-state index is 0.339. The van der Waals surface area contributed by atoms with Gasteiger partial charge in [0.15, 0.2) is 0 Å². The average Bonchev–Trinajstić information content (AvgIpc) is 2.46. The molecule has 0 aliphatic rings. The Morgan fingerprint density at radius 3 is 2.50 bits per heavy atom. The molecule has 0 aliphatic carbocycles. The Kier molecular flexibility index (Phi) is 6.82. The molecular formula is C16H18O4. The lowest BCUT2D eigenvalue weighted by atomic mass is 10.1. The maximum Gasteiger partial charge on any atom is 0.330 e. The average molecular weight is 274 g/mol. The topological polar surface area (TPSA) is 52.6 Å². The van der Waals surface area contributed by atoms with E-state index >= 15 is 0 Å². The molecule has 0 fully saturated rings. The third kappa shape index (κ3) is 6.00. The van der Waals surface area contributed by atoms with E-state index < -0.39 is 12.1 Å². The van der Waals surface area contributed by atoms with Crippen LogP contribution in [-0.4, -0.2) is 19.0 Å². The molecule has 0 saturated carbocycles. The number of hydrogen-bond donors (Lipinski definition) is 0. The first-order valence-electron chi connectivity index (χ1n) is 6.26. The molecule has 1 aromatic carbocycles. The smallest absolute Gasteiger partial charge is 0.330 e. The van der Waals surface area contributed by atoms with Crippen molar-refractivity contribution in [3.63, 3.8) is 0 Å². The summed E-state index contributed by atoms with van der Waals surface area (Å²) >= 11 is 0. The largest absolute Gasteiger partial charge is 0.466 e. The summed E-state index contributed by atoms with van der Waals surface area (Å²) in [4.78, 5) is 22.0. The summed E-state index contributed by atoms with van der Waals surface area (Å²) in [6.07, 6.45) is 6.80. The van der Waals surface area contributed by atoms with Gasteiger partial charge >= 0.3 is 11.9 Å². The van der Waals surface area contributed by atoms with E-state index in [0.717, 1.165) is 5.56 Å². The predicted octanol–water partition coefficient (Wildman–Crippen LogP) is 2.97. The van der Waals surface area contributed by atoms with Gasteiger partial charge < -0.3 is 9.47 Å². The van der Waals surface area contributed by atoms with Crippen molar-refractivity contribution in [2.24, 2.45) is 0 Å². The molecule has 0 spiro atoms. The lowest BCUT2D eigenvalue weighted by Crippen LogP contribution is -2.05. The summed E-state index contributed by atoms with van der Waals surface area (Å²) in [6.45, 7) is 1.38. The van der Waals surface area contributed by atoms with E-state index in [9.17, 15) is 9.59 Å². The van der Waals surface area contributed by atoms with Crippen molar-refractivity contribution >= 4 is 11.9 Å². The molecule has 1 aromatic rings. The van der Waals surface area contributed by atoms with Crippen LogP contribution < -0.4 is 0 Å². The molecule has 0 amide bonds. The standard InChI is InChI=1S/C16H18O4/c1-13(17)20-15(14-9-5-3-6-10-14)11-7-4-8-12-16(18)19-2/h3,5-12,15H,4H2,1-2H3/b11-7+,12-8-/t15-/m0/s1. The maximum absolute atomic E-state index is 11.1. The molecule has 0 radical (unpaired) electrons. The molecule has 0 N–H and O–H groups in total. The third-order valence-corrected chi connectivity index (χ3v) is 2.46. The molecule has 4 heteroatoms. The zero-order chi connectivity index (χ0) is 14.8. The van der Waals surface area contributed by atoms with Gasteiger partial charge in [0.05, 0.1) is 7.11 Å². The Labute approximate surface area is 118 Å². The molecular weight excluding hydrogens is 256 g/mol. The lowest BCUT2D eigenvalue weighted by molar-refractivity contribution is -0.144. The van der Waals surface area contributed by atoms with Crippen LogP contribution in [0.1, 0.15) is 25.0 Å². The van der Waals surface area contributed by atoms with Crippen LogP contribution in [-0.2, 0) is 19.1 Å². The fraction of sp³-hybridized carbons (Fsp3) is 0.250. The number of carbonyl (C=O) groups is 2. The van der Waals surface area contributed by atoms with Gasteiger partial charge in [-0.3, -0.25) is 4.79 Å². The van der Waals surface area contributed by atoms with Crippen LogP contribution in [0.2, 0.25) is 0 Å². The molecule has 106 valence electrons. The van der Waals surface area contributed by atoms with Gasteiger partial charge in [-0.2, -0.15) is 0 Å². The Balaban J connectivity index is 2.64. The highest BCUT2D eigenvalue weighted by Crippen LogP contribution is 2.19. The minimum Gasteiger partial charge on any atom is -0.466 e. The van der Waals surface area contributed by atoms with Crippen LogP contribution in [0, 0.1) is 0 Å². The zero-order valence-corrected chi connectivity index (χ0v) is 11.6. The Morgan fingerprint density at radius 1 is 1.20 bits per heavy atom. The van der Waals surface area contributed by atoms with Crippen molar-refractivity contribution in [3.8, 4) is 0 Å². The number of carbonyl (C=O) groups excluding carboxylic acids is 2. The number of esters is 2. The SMILES string of the molecule is COC(=O)/C=C\C/C=C/[C@H](OC(C)=O)c1ccccc1. The molecule has 0 aliphatic heterocycles. The summed E-state index contributed by atoms with van der Waals surface area (Å²) in [5.74, 6) is -0.730. The second-order valence-corrected chi connectivity index (χ2v) is 4.03. The van der Waals surface area contributed by atoms with Gasteiger partial charge in [-0.05, 0) is 18.1 Å². The second-order valence-electron chi connectivity index (χ2n) is 4.03. The van der Waals surface area contributed by atoms with Crippen LogP contribution in [0.15, 0.2) is 54.6 Å². The summed E-state index contributed by atoms with van der Waals surface area (Å²) in [6, 6.07) is 9.45. The van der Waals surface area contributed by atoms with Gasteiger partial charge in [0.25, 0.3) is 0 Å². The zero-order valence-electron chi connectivity index (χ0n) is 11.6. The molecule has 4 nitrogen and oxygen atoms in total. The van der Waals surface area contributed by atoms with Gasteiger partial charge in [-0.15, -0.1) is 0 Å². The number of rotatable bonds is 6. The van der Waals surface area contributed by atoms with Gasteiger partial charge in [0, 0.05) is 13.0 Å². The summed E-state index contributed by atoms with van der Waals surface area (Å²) < 4.78 is 9.72. The third-order valence-electron chi connectivity index (χ3n) is 2.46. The predicted molar refractivity (Wildman–Crippen MR) is 75.9 cm³/mol. The monoisotopic (exact) mass is 274 g/mol. The highest BCUT2D eigenvalue weighted by atomic mass is 16.5. The normalized spacial score (nSPS) is 12.5. The van der Waals surface area contributed by atoms with E-state index in [2.05, 4.69) is 4.74 Å². The molecule has 0 bridgehead atoms. The van der Waals surface area contributed by atoms with Crippen molar-refractivity contribution < 1.29 is 19.1 Å². The summed E-state index contributed by atoms with van der Waals surface area (Å²) in [5, 5.41) is 0. The molecule has 20 heavy (non-hydrogen) atoms. The van der Waals surface area contributed by atoms with E-state index in [4.69, 9.17) is 4.74 Å². The fourth-order valence-corrected chi connectivity index (χ4v) is 1.55. The first kappa shape index (κ1) is 15.7. The minimum atomic E-state index is -0.416. The highest BCUT2D eigenvalue weighted by Gasteiger charge is 2.09. The Morgan fingerprint density at radius 2 is 1.90 bits per heavy atom. The number of hydrogen-bond acceptors (Lipinski definition) is 4. The van der Waals surface area contributed by atoms with Crippen LogP contribution in [0.4, 0.5) is 0 Å². The lowest BCUT2D eigenvalue weighted by Gasteiger charge is -2.13. The van der Waals surface area contributed by atoms with Gasteiger partial charge in [-0.25, -0.2) is 4.79 Å². The Bertz CT molecular complexity index is 488. The van der Waals surface area contributed by atoms with Crippen molar-refractivity contribution in [2.45, 2.75) is 19.4 Å². The van der Waals surface area contributed by atoms with E-state index in [0.29, 0.717) is 6.42 Å². The van der Waals surface area contributed by atoms with Crippen LogP contribution in [0.3, 0.4) is 0 Å². The number of methoxy groups -OCH3 is 1. The quantitative estimate of drug-likeness (QED) is 0.454. The van der Waals surface area contributed by atoms with Crippen molar-refractivity contribution in [1.29, 1.82) is 0 Å². The number of allylic oxidation sites excluding steroid dienone is 2. The van der Waals surface area contributed by atoms with E-state index in [1.807, 2.05) is 36.4 Å². The first-order chi connectivity index (χ1) is 9.63. The van der Waals surface area contributed by atoms with Gasteiger partial charge in [0.2, 0.25) is 0 Å². The molecule has 0 heterocycles. The molecule has 1 rings (SSSR count). The highest BCUT2D eigenvalue weighted by molar-refractivity contribution is 5.81. The molecule has 0 saturated heterocycles. The van der Waals surface area contributed by atoms with Crippen LogP contribution in [0.25, 0.3) is 0 Å². The van der Waals surface area contributed by atoms with Crippen molar-refractivity contribution in [1.82, 2.24) is 0 Å². The van der Waals surface area contributed by atoms with Crippen LogP contribution in [0.5, 0.6) is 0 Å². The Hall–Kier alpha value is -2.36. The summed E-state index contributed by atoms with van der Waals surface area (Å²) in [5.41, 5.74) is 0.899. The number of benzene rings is 1. The van der Waals surface area contributed by atoms with E-state index in [1.165, 1.54) is 20.1 Å². The fourth-order valence-electron chi connectivity index (χ4n) is 1.55. The van der Waals surface area contributed by atoms with Gasteiger partial charge in [-0.1, -0.05) is 42.5 Å². The van der Waals surface area contributed by atoms with Crippen molar-refractivity contribution in [3.05, 3.63) is 60.2 Å². The molecule has 0 aromatic heterocycles. The number of ether oxygens (including phenoxy) is 2. The molecule has 0 unspecified atom stereocenters. The van der Waals surface area contributed by atoms with Gasteiger partial charge in [0.1, 0.15) is 6.10 Å². The maximum atomic E-state index is 11.1. The summed E-state index contributed by atoms with van der Waals surface area (Å²) in [7, 11) is 1.33. The van der Waals surface area contributed by atoms with E-state index in [1.54, 1.807) is 12.2 Å². The second kappa shape index (κ2) is 8.69. The van der Waals surface area contributed by atoms with E-state index in [-0.39, 0.29) is 5.97 Å². The van der Waals surface area contributed by atoms with Crippen LogP contribution >= 0.6 is 0 Å². The molecule has 1 atom stereocenters. The van der Waals surface area contributed by atoms with Crippen molar-refractivity contribution in [2.75, 3.05) is 7.11 Å².